The number of carbonyl (C=O) groups is 1. The highest BCUT2D eigenvalue weighted by atomic mass is 35.5. The van der Waals surface area contributed by atoms with Crippen molar-refractivity contribution in [1.29, 1.82) is 0 Å². The van der Waals surface area contributed by atoms with Crippen LogP contribution < -0.4 is 5.11 Å². The van der Waals surface area contributed by atoms with Crippen molar-refractivity contribution in [3.8, 4) is 5.75 Å². The first-order valence-corrected chi connectivity index (χ1v) is 5.78. The molecule has 0 radical (unpaired) electrons. The normalized spacial score (nSPS) is 10.8. The first kappa shape index (κ1) is 13.1. The summed E-state index contributed by atoms with van der Waals surface area (Å²) in [5.41, 5.74) is 0.676. The zero-order chi connectivity index (χ0) is 13.8. The molecule has 0 aliphatic carbocycles. The highest BCUT2D eigenvalue weighted by Gasteiger charge is 2.07. The van der Waals surface area contributed by atoms with E-state index in [0.717, 1.165) is 0 Å². The number of para-hydroxylation sites is 1. The van der Waals surface area contributed by atoms with Crippen LogP contribution in [0.15, 0.2) is 47.5 Å². The maximum absolute atomic E-state index is 11.5. The summed E-state index contributed by atoms with van der Waals surface area (Å²) in [6.45, 7) is 0. The van der Waals surface area contributed by atoms with Crippen LogP contribution in [-0.4, -0.2) is 17.3 Å². The maximum Gasteiger partial charge on any atom is 0.337 e. The lowest BCUT2D eigenvalue weighted by Crippen LogP contribution is -1.97. The van der Waals surface area contributed by atoms with Gasteiger partial charge in [-0.2, -0.15) is 0 Å². The minimum atomic E-state index is -1.07. The number of nitrogens with zero attached hydrogens (tertiary/aromatic N) is 1. The fourth-order valence-corrected chi connectivity index (χ4v) is 1.71. The minimum absolute atomic E-state index is 0.0771. The molecule has 0 bridgehead atoms. The summed E-state index contributed by atoms with van der Waals surface area (Å²) in [6.07, 6.45) is 1.32. The standard InChI is InChI=1S/C14H10ClNO3/c15-10-5-6-13(17)9(7-10)8-16-12-4-2-1-3-11(12)14(18)19/h1-8,17H,(H,18,19)/p-1. The number of aromatic carboxylic acids is 1. The van der Waals surface area contributed by atoms with E-state index in [2.05, 4.69) is 4.99 Å². The van der Waals surface area contributed by atoms with Gasteiger partial charge in [0.1, 0.15) is 0 Å². The quantitative estimate of drug-likeness (QED) is 0.875. The van der Waals surface area contributed by atoms with Gasteiger partial charge in [0, 0.05) is 11.2 Å². The maximum atomic E-state index is 11.5. The molecule has 0 heterocycles. The van der Waals surface area contributed by atoms with Crippen LogP contribution in [0.5, 0.6) is 5.75 Å². The van der Waals surface area contributed by atoms with E-state index in [1.807, 2.05) is 0 Å². The summed E-state index contributed by atoms with van der Waals surface area (Å²) in [7, 11) is 0. The molecule has 2 aromatic rings. The summed E-state index contributed by atoms with van der Waals surface area (Å²) >= 11 is 5.79. The second-order valence-corrected chi connectivity index (χ2v) is 4.20. The second-order valence-electron chi connectivity index (χ2n) is 3.76. The Bertz CT molecular complexity index is 653. The third kappa shape index (κ3) is 3.11. The van der Waals surface area contributed by atoms with Gasteiger partial charge < -0.3 is 10.2 Å². The van der Waals surface area contributed by atoms with Crippen LogP contribution in [0, 0.1) is 0 Å². The Labute approximate surface area is 114 Å². The van der Waals surface area contributed by atoms with Gasteiger partial charge >= 0.3 is 5.97 Å². The molecule has 0 atom stereocenters. The highest BCUT2D eigenvalue weighted by molar-refractivity contribution is 6.30. The van der Waals surface area contributed by atoms with Gasteiger partial charge in [-0.3, -0.25) is 4.99 Å². The molecular formula is C14H9ClNO3-. The van der Waals surface area contributed by atoms with E-state index < -0.39 is 5.97 Å². The Morgan fingerprint density at radius 2 is 2.00 bits per heavy atom. The third-order valence-corrected chi connectivity index (χ3v) is 2.68. The lowest BCUT2D eigenvalue weighted by Gasteiger charge is -2.09. The van der Waals surface area contributed by atoms with Gasteiger partial charge in [0.2, 0.25) is 0 Å². The van der Waals surface area contributed by atoms with Crippen LogP contribution in [0.4, 0.5) is 5.69 Å². The second kappa shape index (κ2) is 5.54. The van der Waals surface area contributed by atoms with Crippen LogP contribution in [0.3, 0.4) is 0 Å². The smallest absolute Gasteiger partial charge is 0.337 e. The topological polar surface area (TPSA) is 72.7 Å². The zero-order valence-electron chi connectivity index (χ0n) is 9.71. The Morgan fingerprint density at radius 1 is 1.26 bits per heavy atom. The van der Waals surface area contributed by atoms with Gasteiger partial charge in [-0.15, -0.1) is 0 Å². The molecule has 96 valence electrons. The van der Waals surface area contributed by atoms with Crippen molar-refractivity contribution in [2.24, 2.45) is 4.99 Å². The van der Waals surface area contributed by atoms with E-state index in [1.54, 1.807) is 18.2 Å². The van der Waals surface area contributed by atoms with Crippen molar-refractivity contribution >= 4 is 29.5 Å². The first-order valence-electron chi connectivity index (χ1n) is 5.41. The Kier molecular flexibility index (Phi) is 3.82. The van der Waals surface area contributed by atoms with Gasteiger partial charge in [0.05, 0.1) is 11.3 Å². The number of carboxylic acid groups (broad SMARTS) is 1. The summed E-state index contributed by atoms with van der Waals surface area (Å²) < 4.78 is 0. The van der Waals surface area contributed by atoms with Crippen molar-refractivity contribution in [3.63, 3.8) is 0 Å². The number of hydrogen-bond donors (Lipinski definition) is 1. The number of aliphatic imine (C=N–C) groups is 1. The van der Waals surface area contributed by atoms with Crippen molar-refractivity contribution in [2.45, 2.75) is 0 Å². The van der Waals surface area contributed by atoms with Gasteiger partial charge in [-0.05, 0) is 29.8 Å². The SMILES string of the molecule is O=C(O)c1ccccc1N=Cc1cc(Cl)ccc1[O-]. The van der Waals surface area contributed by atoms with Crippen molar-refractivity contribution in [1.82, 2.24) is 0 Å². The van der Waals surface area contributed by atoms with E-state index >= 15 is 0 Å². The van der Waals surface area contributed by atoms with E-state index in [-0.39, 0.29) is 17.0 Å². The van der Waals surface area contributed by atoms with E-state index in [4.69, 9.17) is 16.7 Å². The lowest BCUT2D eigenvalue weighted by molar-refractivity contribution is -0.268. The van der Waals surface area contributed by atoms with Gasteiger partial charge in [0.15, 0.2) is 0 Å². The minimum Gasteiger partial charge on any atom is -0.872 e. The molecule has 2 aromatic carbocycles. The molecular weight excluding hydrogens is 266 g/mol. The Hall–Kier alpha value is -2.33. The molecule has 5 heteroatoms. The van der Waals surface area contributed by atoms with Crippen molar-refractivity contribution in [2.75, 3.05) is 0 Å². The van der Waals surface area contributed by atoms with Gasteiger partial charge in [-0.1, -0.05) is 35.5 Å². The molecule has 0 aromatic heterocycles. The molecule has 0 aliphatic rings. The average Bonchev–Trinajstić information content (AvgIpc) is 2.40. The van der Waals surface area contributed by atoms with E-state index in [0.29, 0.717) is 10.6 Å². The van der Waals surface area contributed by atoms with Gasteiger partial charge in [0.25, 0.3) is 0 Å². The van der Waals surface area contributed by atoms with Crippen molar-refractivity contribution in [3.05, 3.63) is 58.6 Å². The number of hydrogen-bond acceptors (Lipinski definition) is 3. The Balaban J connectivity index is 2.38. The fourth-order valence-electron chi connectivity index (χ4n) is 1.53. The van der Waals surface area contributed by atoms with E-state index in [1.165, 1.54) is 30.5 Å². The molecule has 4 nitrogen and oxygen atoms in total. The first-order chi connectivity index (χ1) is 9.08. The summed E-state index contributed by atoms with van der Waals surface area (Å²) in [5, 5.41) is 21.0. The molecule has 0 aliphatic heterocycles. The molecule has 0 amide bonds. The third-order valence-electron chi connectivity index (χ3n) is 2.45. The van der Waals surface area contributed by atoms with Crippen LogP contribution in [0.25, 0.3) is 0 Å². The zero-order valence-corrected chi connectivity index (χ0v) is 10.5. The van der Waals surface area contributed by atoms with Crippen molar-refractivity contribution < 1.29 is 15.0 Å². The summed E-state index contributed by atoms with van der Waals surface area (Å²) in [4.78, 5) is 15.0. The average molecular weight is 275 g/mol. The molecule has 2 rings (SSSR count). The van der Waals surface area contributed by atoms with Gasteiger partial charge in [-0.25, -0.2) is 4.79 Å². The fraction of sp³-hybridized carbons (Fsp3) is 0. The summed E-state index contributed by atoms with van der Waals surface area (Å²) in [5.74, 6) is -1.29. The van der Waals surface area contributed by atoms with Crippen LogP contribution in [0.1, 0.15) is 15.9 Å². The van der Waals surface area contributed by atoms with Crippen LogP contribution >= 0.6 is 11.6 Å². The predicted octanol–water partition coefficient (Wildman–Crippen LogP) is 2.86. The Morgan fingerprint density at radius 3 is 2.74 bits per heavy atom. The lowest BCUT2D eigenvalue weighted by atomic mass is 10.2. The van der Waals surface area contributed by atoms with Crippen LogP contribution in [-0.2, 0) is 0 Å². The summed E-state index contributed by atoms with van der Waals surface area (Å²) in [6, 6.07) is 10.6. The number of carboxylic acids is 1. The van der Waals surface area contributed by atoms with Crippen LogP contribution in [0.2, 0.25) is 5.02 Å². The largest absolute Gasteiger partial charge is 0.872 e. The molecule has 1 N–H and O–H groups in total. The molecule has 0 unspecified atom stereocenters. The van der Waals surface area contributed by atoms with E-state index in [9.17, 15) is 9.90 Å². The predicted molar refractivity (Wildman–Crippen MR) is 71.6 cm³/mol. The number of rotatable bonds is 3. The monoisotopic (exact) mass is 274 g/mol. The molecule has 0 saturated carbocycles. The molecule has 0 spiro atoms. The highest BCUT2D eigenvalue weighted by Crippen LogP contribution is 2.21. The molecule has 0 fully saturated rings. The molecule has 19 heavy (non-hydrogen) atoms. The number of halogens is 1. The molecule has 0 saturated heterocycles. The number of benzene rings is 2.